The predicted octanol–water partition coefficient (Wildman–Crippen LogP) is 8.93. The molecule has 3 aliphatic rings. The largest absolute Gasteiger partial charge is 0.493 e. The third-order valence-electron chi connectivity index (χ3n) is 10.6. The number of ether oxygens (including phenoxy) is 4. The molecule has 47 heavy (non-hydrogen) atoms. The summed E-state index contributed by atoms with van der Waals surface area (Å²) in [6.45, 7) is 2.16. The van der Waals surface area contributed by atoms with Crippen molar-refractivity contribution in [3.8, 4) is 11.5 Å². The molecular formula is C41H44FNO4. The molecule has 6 heteroatoms. The molecular weight excluding hydrogens is 589 g/mol. The fraction of sp³-hybridized carbons (Fsp3) is 0.366. The average Bonchev–Trinajstić information content (AvgIpc) is 3.11. The van der Waals surface area contributed by atoms with Crippen molar-refractivity contribution in [2.45, 2.75) is 51.4 Å². The summed E-state index contributed by atoms with van der Waals surface area (Å²) in [6.07, 6.45) is 5.86. The topological polar surface area (TPSA) is 40.2 Å². The minimum atomic E-state index is -0.291. The van der Waals surface area contributed by atoms with Crippen LogP contribution in [-0.2, 0) is 22.5 Å². The highest BCUT2D eigenvalue weighted by atomic mass is 19.1. The van der Waals surface area contributed by atoms with Gasteiger partial charge < -0.3 is 23.8 Å². The maximum Gasteiger partial charge on any atom is 0.188 e. The molecule has 0 unspecified atom stereocenters. The molecule has 0 amide bonds. The van der Waals surface area contributed by atoms with Crippen molar-refractivity contribution in [2.24, 2.45) is 11.3 Å². The first-order chi connectivity index (χ1) is 23.0. The van der Waals surface area contributed by atoms with Crippen LogP contribution < -0.4 is 14.4 Å². The molecule has 1 heterocycles. The van der Waals surface area contributed by atoms with Gasteiger partial charge >= 0.3 is 0 Å². The molecule has 5 nitrogen and oxygen atoms in total. The molecule has 0 atom stereocenters. The van der Waals surface area contributed by atoms with Crippen LogP contribution in [-0.4, -0.2) is 40.7 Å². The van der Waals surface area contributed by atoms with E-state index in [0.717, 1.165) is 85.2 Å². The number of aryl methyl sites for hydroxylation is 1. The normalized spacial score (nSPS) is 17.5. The molecule has 0 radical (unpaired) electrons. The van der Waals surface area contributed by atoms with Crippen LogP contribution in [0.1, 0.15) is 59.9 Å². The molecule has 0 bridgehead atoms. The molecule has 7 rings (SSSR count). The van der Waals surface area contributed by atoms with Crippen LogP contribution in [0.3, 0.4) is 0 Å². The summed E-state index contributed by atoms with van der Waals surface area (Å²) < 4.78 is 39.8. The van der Waals surface area contributed by atoms with Gasteiger partial charge in [0.2, 0.25) is 0 Å². The van der Waals surface area contributed by atoms with Crippen molar-refractivity contribution < 1.29 is 23.3 Å². The molecule has 244 valence electrons. The zero-order chi connectivity index (χ0) is 32.4. The first-order valence-electron chi connectivity index (χ1n) is 16.8. The summed E-state index contributed by atoms with van der Waals surface area (Å²) in [6, 6.07) is 31.0. The number of nitrogens with zero attached hydrogens (tertiary/aromatic N) is 1. The smallest absolute Gasteiger partial charge is 0.188 e. The number of piperidine rings is 1. The fourth-order valence-electron chi connectivity index (χ4n) is 8.18. The average molecular weight is 634 g/mol. The third-order valence-corrected chi connectivity index (χ3v) is 10.6. The maximum atomic E-state index is 16.6. The van der Waals surface area contributed by atoms with Gasteiger partial charge in [0.1, 0.15) is 12.4 Å². The molecule has 4 aromatic rings. The van der Waals surface area contributed by atoms with Gasteiger partial charge in [0, 0.05) is 38.8 Å². The number of hydrogen-bond acceptors (Lipinski definition) is 5. The van der Waals surface area contributed by atoms with Crippen molar-refractivity contribution in [1.29, 1.82) is 0 Å². The quantitative estimate of drug-likeness (QED) is 0.163. The van der Waals surface area contributed by atoms with E-state index in [1.165, 1.54) is 11.1 Å². The zero-order valence-electron chi connectivity index (χ0n) is 27.6. The van der Waals surface area contributed by atoms with Crippen molar-refractivity contribution in [3.63, 3.8) is 0 Å². The maximum absolute atomic E-state index is 16.6. The molecule has 1 spiro atoms. The first kappa shape index (κ1) is 31.5. The van der Waals surface area contributed by atoms with Gasteiger partial charge in [-0.2, -0.15) is 0 Å². The second-order valence-electron chi connectivity index (χ2n) is 13.3. The molecule has 1 saturated carbocycles. The van der Waals surface area contributed by atoms with Crippen LogP contribution in [0.2, 0.25) is 0 Å². The first-order valence-corrected chi connectivity index (χ1v) is 16.8. The number of allylic oxidation sites excluding steroid dienone is 1. The van der Waals surface area contributed by atoms with Crippen molar-refractivity contribution in [3.05, 3.63) is 125 Å². The van der Waals surface area contributed by atoms with Gasteiger partial charge in [-0.15, -0.1) is 0 Å². The third kappa shape index (κ3) is 6.17. The van der Waals surface area contributed by atoms with E-state index in [-0.39, 0.29) is 12.1 Å². The van der Waals surface area contributed by atoms with Crippen molar-refractivity contribution in [1.82, 2.24) is 0 Å². The predicted molar refractivity (Wildman–Crippen MR) is 185 cm³/mol. The summed E-state index contributed by atoms with van der Waals surface area (Å²) >= 11 is 0. The van der Waals surface area contributed by atoms with Crippen LogP contribution in [0.15, 0.2) is 91.0 Å². The van der Waals surface area contributed by atoms with Gasteiger partial charge in [0.25, 0.3) is 0 Å². The molecule has 2 fully saturated rings. The van der Waals surface area contributed by atoms with Crippen molar-refractivity contribution in [2.75, 3.05) is 39.3 Å². The Kier molecular flexibility index (Phi) is 9.07. The van der Waals surface area contributed by atoms with Crippen LogP contribution >= 0.6 is 0 Å². The van der Waals surface area contributed by atoms with Gasteiger partial charge in [-0.3, -0.25) is 0 Å². The molecule has 2 aliphatic carbocycles. The fourth-order valence-corrected chi connectivity index (χ4v) is 8.18. The number of hydrogen-bond donors (Lipinski definition) is 0. The minimum absolute atomic E-state index is 0.138. The lowest BCUT2D eigenvalue weighted by Crippen LogP contribution is -2.50. The Bertz CT molecular complexity index is 1720. The monoisotopic (exact) mass is 633 g/mol. The van der Waals surface area contributed by atoms with E-state index in [2.05, 4.69) is 59.5 Å². The lowest BCUT2D eigenvalue weighted by atomic mass is 9.57. The number of benzene rings is 4. The van der Waals surface area contributed by atoms with Crippen LogP contribution in [0.5, 0.6) is 11.5 Å². The van der Waals surface area contributed by atoms with E-state index < -0.39 is 0 Å². The summed E-state index contributed by atoms with van der Waals surface area (Å²) in [5, 5.41) is 0. The summed E-state index contributed by atoms with van der Waals surface area (Å²) in [5.74, 6) is 1.28. The van der Waals surface area contributed by atoms with Gasteiger partial charge in [-0.25, -0.2) is 4.39 Å². The van der Waals surface area contributed by atoms with Gasteiger partial charge in [-0.1, -0.05) is 66.7 Å². The second kappa shape index (κ2) is 13.5. The van der Waals surface area contributed by atoms with Gasteiger partial charge in [-0.05, 0) is 102 Å². The highest BCUT2D eigenvalue weighted by Crippen LogP contribution is 2.55. The van der Waals surface area contributed by atoms with E-state index in [0.29, 0.717) is 29.4 Å². The second-order valence-corrected chi connectivity index (χ2v) is 13.3. The van der Waals surface area contributed by atoms with E-state index >= 15 is 4.39 Å². The SMILES string of the molecule is COc1c(C2=C(c3ccccc3)CCc3cc(OCc4ccccc4)ccc32)ccc(N2CCC3(CC2)CC(C(OC)OC)C3)c1F. The summed E-state index contributed by atoms with van der Waals surface area (Å²) in [5.41, 5.74) is 8.50. The van der Waals surface area contributed by atoms with Crippen molar-refractivity contribution >= 4 is 16.8 Å². The van der Waals surface area contributed by atoms with E-state index in [1.54, 1.807) is 21.3 Å². The molecule has 4 aromatic carbocycles. The molecule has 0 aromatic heterocycles. The number of rotatable bonds is 10. The Morgan fingerprint density at radius 3 is 2.17 bits per heavy atom. The number of anilines is 1. The number of halogens is 1. The standard InChI is InChI=1S/C41H44FNO4/c1-44-39-35(18-19-36(38(39)42)43-22-20-41(21-23-43)25-31(26-41)40(45-2)46-3)37-33(29-12-8-5-9-13-29)16-14-30-24-32(15-17-34(30)37)47-27-28-10-6-4-7-11-28/h4-13,15,17-19,24,31,40H,14,16,20-23,25-27H2,1-3H3. The van der Waals surface area contributed by atoms with Crippen LogP contribution in [0.25, 0.3) is 11.1 Å². The number of methoxy groups -OCH3 is 3. The van der Waals surface area contributed by atoms with Crippen LogP contribution in [0, 0.1) is 17.2 Å². The summed E-state index contributed by atoms with van der Waals surface area (Å²) in [7, 11) is 5.01. The number of fused-ring (bicyclic) bond motifs is 1. The lowest BCUT2D eigenvalue weighted by Gasteiger charge is -2.54. The molecule has 0 N–H and O–H groups in total. The lowest BCUT2D eigenvalue weighted by molar-refractivity contribution is -0.184. The van der Waals surface area contributed by atoms with E-state index in [4.69, 9.17) is 18.9 Å². The Morgan fingerprint density at radius 1 is 0.809 bits per heavy atom. The Morgan fingerprint density at radius 2 is 1.49 bits per heavy atom. The Labute approximate surface area is 277 Å². The molecule has 1 aliphatic heterocycles. The van der Waals surface area contributed by atoms with Gasteiger partial charge in [0.05, 0.1) is 12.8 Å². The zero-order valence-corrected chi connectivity index (χ0v) is 27.6. The Balaban J connectivity index is 1.18. The van der Waals surface area contributed by atoms with E-state index in [9.17, 15) is 0 Å². The molecule has 1 saturated heterocycles. The Hall–Kier alpha value is -4.13. The summed E-state index contributed by atoms with van der Waals surface area (Å²) in [4.78, 5) is 2.20. The van der Waals surface area contributed by atoms with Crippen LogP contribution in [0.4, 0.5) is 10.1 Å². The highest BCUT2D eigenvalue weighted by Gasteiger charge is 2.49. The van der Waals surface area contributed by atoms with Gasteiger partial charge in [0.15, 0.2) is 17.9 Å². The van der Waals surface area contributed by atoms with E-state index in [1.807, 2.05) is 36.4 Å². The minimum Gasteiger partial charge on any atom is -0.493 e. The highest BCUT2D eigenvalue weighted by molar-refractivity contribution is 6.02.